The van der Waals surface area contributed by atoms with E-state index in [4.69, 9.17) is 4.74 Å². The summed E-state index contributed by atoms with van der Waals surface area (Å²) in [6.45, 7) is 0. The van der Waals surface area contributed by atoms with E-state index in [1.165, 1.54) is 23.1 Å². The van der Waals surface area contributed by atoms with Crippen molar-refractivity contribution >= 4 is 29.1 Å². The van der Waals surface area contributed by atoms with Gasteiger partial charge in [0.15, 0.2) is 0 Å². The number of ether oxygens (including phenoxy) is 1. The molecule has 19 heavy (non-hydrogen) atoms. The average molecular weight is 291 g/mol. The molecule has 2 aromatic rings. The van der Waals surface area contributed by atoms with Gasteiger partial charge in [-0.1, -0.05) is 29.5 Å². The molecule has 2 aliphatic rings. The Morgan fingerprint density at radius 3 is 3.00 bits per heavy atom. The Labute approximate surface area is 116 Å². The fraction of sp³-hybridized carbons (Fsp3) is 0.231. The molecule has 0 saturated heterocycles. The number of thiazole rings is 1. The lowest BCUT2D eigenvalue weighted by Crippen LogP contribution is -2.35. The number of carbonyl (C=O) groups is 1. The van der Waals surface area contributed by atoms with Gasteiger partial charge in [-0.05, 0) is 6.07 Å². The second-order valence-electron chi connectivity index (χ2n) is 4.56. The molecule has 2 atom stereocenters. The molecule has 3 heterocycles. The van der Waals surface area contributed by atoms with E-state index >= 15 is 0 Å². The van der Waals surface area contributed by atoms with Crippen molar-refractivity contribution in [2.24, 2.45) is 5.92 Å². The van der Waals surface area contributed by atoms with E-state index in [0.717, 1.165) is 15.5 Å². The predicted octanol–water partition coefficient (Wildman–Crippen LogP) is 2.21. The van der Waals surface area contributed by atoms with Crippen molar-refractivity contribution in [1.82, 2.24) is 4.98 Å². The van der Waals surface area contributed by atoms with Crippen LogP contribution in [0.3, 0.4) is 0 Å². The van der Waals surface area contributed by atoms with Gasteiger partial charge in [0.2, 0.25) is 0 Å². The topological polar surface area (TPSA) is 59.2 Å². The minimum absolute atomic E-state index is 0.0438. The van der Waals surface area contributed by atoms with Gasteiger partial charge >= 0.3 is 10.8 Å². The highest BCUT2D eigenvalue weighted by atomic mass is 32.2. The molecule has 0 saturated carbocycles. The van der Waals surface area contributed by atoms with E-state index in [2.05, 4.69) is 4.98 Å². The Balaban J connectivity index is 1.97. The first-order chi connectivity index (χ1) is 9.24. The monoisotopic (exact) mass is 291 g/mol. The van der Waals surface area contributed by atoms with Crippen molar-refractivity contribution in [3.05, 3.63) is 44.4 Å². The minimum atomic E-state index is -0.196. The zero-order valence-electron chi connectivity index (χ0n) is 9.71. The van der Waals surface area contributed by atoms with E-state index < -0.39 is 0 Å². The van der Waals surface area contributed by atoms with Crippen molar-refractivity contribution < 1.29 is 9.53 Å². The van der Waals surface area contributed by atoms with Gasteiger partial charge in [-0.3, -0.25) is 9.59 Å². The molecule has 0 spiro atoms. The third-order valence-electron chi connectivity index (χ3n) is 3.50. The molecular weight excluding hydrogens is 282 g/mol. The summed E-state index contributed by atoms with van der Waals surface area (Å²) in [4.78, 5) is 27.4. The highest BCUT2D eigenvalue weighted by Crippen LogP contribution is 2.50. The van der Waals surface area contributed by atoms with Crippen molar-refractivity contribution in [1.29, 1.82) is 0 Å². The smallest absolute Gasteiger partial charge is 0.316 e. The van der Waals surface area contributed by atoms with Crippen LogP contribution in [0.1, 0.15) is 16.4 Å². The number of aromatic nitrogens is 1. The number of rotatable bonds is 0. The summed E-state index contributed by atoms with van der Waals surface area (Å²) in [5.41, 5.74) is 1.00. The molecule has 1 N–H and O–H groups in total. The summed E-state index contributed by atoms with van der Waals surface area (Å²) in [5.74, 6) is 0.837. The van der Waals surface area contributed by atoms with Gasteiger partial charge in [0.25, 0.3) is 0 Å². The number of H-pyrrole nitrogens is 1. The number of nitrogens with one attached hydrogen (secondary N) is 1. The predicted molar refractivity (Wildman–Crippen MR) is 73.1 cm³/mol. The Bertz CT molecular complexity index is 733. The molecule has 96 valence electrons. The second-order valence-corrected chi connectivity index (χ2v) is 6.61. The van der Waals surface area contributed by atoms with Gasteiger partial charge in [0, 0.05) is 22.1 Å². The molecule has 2 unspecified atom stereocenters. The summed E-state index contributed by atoms with van der Waals surface area (Å²) < 4.78 is 5.39. The van der Waals surface area contributed by atoms with E-state index in [1.807, 2.05) is 18.2 Å². The number of esters is 1. The molecule has 2 aliphatic heterocycles. The number of para-hydroxylation sites is 1. The van der Waals surface area contributed by atoms with Crippen LogP contribution in [0.5, 0.6) is 5.75 Å². The highest BCUT2D eigenvalue weighted by molar-refractivity contribution is 7.99. The zero-order chi connectivity index (χ0) is 13.0. The number of hydrogen-bond acceptors (Lipinski definition) is 5. The van der Waals surface area contributed by atoms with Crippen molar-refractivity contribution in [3.63, 3.8) is 0 Å². The first kappa shape index (κ1) is 11.3. The Kier molecular flexibility index (Phi) is 2.37. The molecule has 0 amide bonds. The van der Waals surface area contributed by atoms with E-state index in [1.54, 1.807) is 6.07 Å². The SMILES string of the molecule is O=C1Oc2ccccc2C2c3sc(=O)[nH]c3SCC12. The normalized spacial score (nSPS) is 24.1. The molecule has 4 nitrogen and oxygen atoms in total. The zero-order valence-corrected chi connectivity index (χ0v) is 11.3. The van der Waals surface area contributed by atoms with E-state index in [9.17, 15) is 9.59 Å². The quantitative estimate of drug-likeness (QED) is 0.597. The lowest BCUT2D eigenvalue weighted by Gasteiger charge is -2.34. The Morgan fingerprint density at radius 1 is 1.26 bits per heavy atom. The maximum absolute atomic E-state index is 12.1. The van der Waals surface area contributed by atoms with Gasteiger partial charge < -0.3 is 9.72 Å². The second kappa shape index (κ2) is 3.98. The molecule has 0 aliphatic carbocycles. The third kappa shape index (κ3) is 1.60. The number of thioether (sulfide) groups is 1. The van der Waals surface area contributed by atoms with Gasteiger partial charge in [-0.2, -0.15) is 0 Å². The summed E-state index contributed by atoms with van der Waals surface area (Å²) in [5, 5.41) is 0.903. The molecule has 1 aromatic carbocycles. The maximum Gasteiger partial charge on any atom is 0.316 e. The maximum atomic E-state index is 12.1. The number of hydrogen-bond donors (Lipinski definition) is 1. The molecule has 0 bridgehead atoms. The van der Waals surface area contributed by atoms with Crippen molar-refractivity contribution in [3.8, 4) is 5.75 Å². The molecule has 6 heteroatoms. The number of fused-ring (bicyclic) bond motifs is 5. The Hall–Kier alpha value is -1.53. The molecule has 4 rings (SSSR count). The first-order valence-electron chi connectivity index (χ1n) is 5.90. The average Bonchev–Trinajstić information content (AvgIpc) is 2.79. The van der Waals surface area contributed by atoms with Gasteiger partial charge in [0.05, 0.1) is 10.9 Å². The van der Waals surface area contributed by atoms with E-state index in [-0.39, 0.29) is 22.7 Å². The van der Waals surface area contributed by atoms with Crippen molar-refractivity contribution in [2.45, 2.75) is 10.9 Å². The molecule has 0 fully saturated rings. The van der Waals surface area contributed by atoms with Gasteiger partial charge in [-0.25, -0.2) is 0 Å². The van der Waals surface area contributed by atoms with Crippen LogP contribution in [0.15, 0.2) is 34.1 Å². The summed E-state index contributed by atoms with van der Waals surface area (Å²) in [7, 11) is 0. The Morgan fingerprint density at radius 2 is 2.11 bits per heavy atom. The fourth-order valence-corrected chi connectivity index (χ4v) is 5.06. The van der Waals surface area contributed by atoms with Crippen LogP contribution in [0.4, 0.5) is 0 Å². The highest BCUT2D eigenvalue weighted by Gasteiger charge is 2.43. The van der Waals surface area contributed by atoms with Crippen LogP contribution in [-0.4, -0.2) is 16.7 Å². The van der Waals surface area contributed by atoms with Crippen molar-refractivity contribution in [2.75, 3.05) is 5.75 Å². The lowest BCUT2D eigenvalue weighted by molar-refractivity contribution is -0.139. The third-order valence-corrected chi connectivity index (χ3v) is 5.73. The molecule has 1 aromatic heterocycles. The number of aromatic amines is 1. The number of benzene rings is 1. The van der Waals surface area contributed by atoms with Crippen LogP contribution < -0.4 is 9.61 Å². The van der Waals surface area contributed by atoms with Crippen LogP contribution >= 0.6 is 23.1 Å². The fourth-order valence-electron chi connectivity index (χ4n) is 2.67. The number of carbonyl (C=O) groups excluding carboxylic acids is 1. The van der Waals surface area contributed by atoms with E-state index in [0.29, 0.717) is 11.5 Å². The molecular formula is C13H9NO3S2. The largest absolute Gasteiger partial charge is 0.426 e. The van der Waals surface area contributed by atoms with Crippen LogP contribution in [0.25, 0.3) is 0 Å². The lowest BCUT2D eigenvalue weighted by atomic mass is 9.83. The minimum Gasteiger partial charge on any atom is -0.426 e. The first-order valence-corrected chi connectivity index (χ1v) is 7.70. The summed E-state index contributed by atoms with van der Waals surface area (Å²) in [6.07, 6.45) is 0. The van der Waals surface area contributed by atoms with Gasteiger partial charge in [-0.15, -0.1) is 11.8 Å². The molecule has 0 radical (unpaired) electrons. The summed E-state index contributed by atoms with van der Waals surface area (Å²) in [6, 6.07) is 7.57. The standard InChI is InChI=1S/C13H9NO3S2/c15-12-7-5-18-11-10(19-13(16)14-11)9(7)6-3-1-2-4-8(6)17-12/h1-4,7,9H,5H2,(H,14,16). The van der Waals surface area contributed by atoms with Crippen LogP contribution in [0.2, 0.25) is 0 Å². The van der Waals surface area contributed by atoms with Gasteiger partial charge in [0.1, 0.15) is 5.75 Å². The summed E-state index contributed by atoms with van der Waals surface area (Å²) >= 11 is 2.73. The van der Waals surface area contributed by atoms with Crippen LogP contribution in [-0.2, 0) is 4.79 Å². The van der Waals surface area contributed by atoms with Crippen LogP contribution in [0, 0.1) is 5.92 Å².